The van der Waals surface area contributed by atoms with E-state index in [2.05, 4.69) is 66.8 Å². The van der Waals surface area contributed by atoms with E-state index in [1.54, 1.807) is 11.8 Å². The van der Waals surface area contributed by atoms with Gasteiger partial charge in [0.05, 0.1) is 11.1 Å². The van der Waals surface area contributed by atoms with Gasteiger partial charge in [0.1, 0.15) is 0 Å². The largest absolute Gasteiger partial charge is 0.478 e. The van der Waals surface area contributed by atoms with Crippen molar-refractivity contribution in [2.75, 3.05) is 0 Å². The maximum absolute atomic E-state index is 11.6. The van der Waals surface area contributed by atoms with E-state index in [1.807, 2.05) is 26.0 Å². The summed E-state index contributed by atoms with van der Waals surface area (Å²) in [5.41, 5.74) is 4.69. The molecule has 0 fully saturated rings. The summed E-state index contributed by atoms with van der Waals surface area (Å²) in [4.78, 5) is 25.3. The second kappa shape index (κ2) is 9.22. The Morgan fingerprint density at radius 2 is 1.00 bits per heavy atom. The molecule has 0 aliphatic rings. The normalized spacial score (nSPS) is 11.9. The van der Waals surface area contributed by atoms with Crippen molar-refractivity contribution < 1.29 is 19.8 Å². The number of rotatable bonds is 6. The van der Waals surface area contributed by atoms with Crippen LogP contribution in [-0.4, -0.2) is 22.2 Å². The van der Waals surface area contributed by atoms with Crippen LogP contribution in [0.2, 0.25) is 0 Å². The Balaban J connectivity index is 2.70. The van der Waals surface area contributed by atoms with Crippen molar-refractivity contribution in [3.63, 3.8) is 0 Å². The molecular formula is C28H34O4S. The Kier molecular flexibility index (Phi) is 7.39. The van der Waals surface area contributed by atoms with E-state index in [0.29, 0.717) is 11.1 Å². The molecule has 0 aromatic heterocycles. The maximum Gasteiger partial charge on any atom is 0.335 e. The molecule has 0 heterocycles. The van der Waals surface area contributed by atoms with E-state index < -0.39 is 11.9 Å². The number of benzene rings is 2. The molecule has 0 bridgehead atoms. The molecule has 0 unspecified atom stereocenters. The molecule has 0 saturated heterocycles. The van der Waals surface area contributed by atoms with Crippen molar-refractivity contribution in [3.8, 4) is 0 Å². The second-order valence-corrected chi connectivity index (χ2v) is 11.6. The minimum atomic E-state index is -1.03. The highest BCUT2D eigenvalue weighted by Crippen LogP contribution is 2.41. The van der Waals surface area contributed by atoms with Gasteiger partial charge in [0, 0.05) is 9.79 Å². The van der Waals surface area contributed by atoms with Crippen LogP contribution >= 0.6 is 11.8 Å². The molecule has 0 saturated carbocycles. The first-order valence-electron chi connectivity index (χ1n) is 10.8. The molecule has 2 N–H and O–H groups in total. The Morgan fingerprint density at radius 3 is 1.24 bits per heavy atom. The van der Waals surface area contributed by atoms with Crippen LogP contribution in [0.3, 0.4) is 0 Å². The lowest BCUT2D eigenvalue weighted by Gasteiger charge is -2.26. The lowest BCUT2D eigenvalue weighted by Crippen LogP contribution is -2.16. The highest BCUT2D eigenvalue weighted by molar-refractivity contribution is 7.99. The first-order chi connectivity index (χ1) is 14.9. The number of aryl methyl sites for hydroxylation is 2. The summed E-state index contributed by atoms with van der Waals surface area (Å²) >= 11 is 1.60. The number of carboxylic acids is 2. The van der Waals surface area contributed by atoms with Gasteiger partial charge in [-0.15, -0.1) is 0 Å². The van der Waals surface area contributed by atoms with Gasteiger partial charge in [-0.3, -0.25) is 0 Å². The monoisotopic (exact) mass is 466 g/mol. The molecule has 4 nitrogen and oxygen atoms in total. The van der Waals surface area contributed by atoms with Crippen LogP contribution in [0.5, 0.6) is 0 Å². The summed E-state index contributed by atoms with van der Waals surface area (Å²) in [5.74, 6) is -2.06. The first kappa shape index (κ1) is 26.5. The second-order valence-electron chi connectivity index (χ2n) is 10.5. The van der Waals surface area contributed by atoms with Crippen molar-refractivity contribution >= 4 is 34.8 Å². The van der Waals surface area contributed by atoms with Gasteiger partial charge in [-0.1, -0.05) is 66.5 Å². The Hall–Kier alpha value is -2.79. The zero-order chi connectivity index (χ0) is 25.5. The van der Waals surface area contributed by atoms with Crippen molar-refractivity contribution in [1.82, 2.24) is 0 Å². The fourth-order valence-electron chi connectivity index (χ4n) is 3.69. The number of hydrogen-bond acceptors (Lipinski definition) is 3. The fraction of sp³-hybridized carbons (Fsp3) is 0.357. The average Bonchev–Trinajstić information content (AvgIpc) is 2.67. The van der Waals surface area contributed by atoms with Crippen molar-refractivity contribution in [2.45, 2.75) is 76.0 Å². The topological polar surface area (TPSA) is 74.6 Å². The van der Waals surface area contributed by atoms with Gasteiger partial charge in [-0.25, -0.2) is 9.59 Å². The van der Waals surface area contributed by atoms with Crippen LogP contribution in [0, 0.1) is 13.8 Å². The van der Waals surface area contributed by atoms with Crippen LogP contribution in [-0.2, 0) is 20.4 Å². The van der Waals surface area contributed by atoms with E-state index in [0.717, 1.165) is 32.0 Å². The summed E-state index contributed by atoms with van der Waals surface area (Å²) in [7, 11) is 0. The smallest absolute Gasteiger partial charge is 0.335 e. The molecule has 5 heteroatoms. The first-order valence-corrected chi connectivity index (χ1v) is 11.6. The van der Waals surface area contributed by atoms with Crippen LogP contribution in [0.4, 0.5) is 0 Å². The van der Waals surface area contributed by atoms with Crippen LogP contribution < -0.4 is 0 Å². The lowest BCUT2D eigenvalue weighted by atomic mass is 9.81. The quantitative estimate of drug-likeness (QED) is 0.439. The molecule has 33 heavy (non-hydrogen) atoms. The molecule has 0 spiro atoms. The van der Waals surface area contributed by atoms with Crippen molar-refractivity contribution in [3.05, 3.63) is 70.8 Å². The minimum Gasteiger partial charge on any atom is -0.478 e. The summed E-state index contributed by atoms with van der Waals surface area (Å²) in [6, 6.07) is 7.92. The zero-order valence-electron chi connectivity index (χ0n) is 20.8. The summed E-state index contributed by atoms with van der Waals surface area (Å²) in [6.45, 7) is 23.8. The molecular weight excluding hydrogens is 432 g/mol. The van der Waals surface area contributed by atoms with Crippen LogP contribution in [0.25, 0.3) is 11.1 Å². The van der Waals surface area contributed by atoms with Gasteiger partial charge in [0.25, 0.3) is 0 Å². The van der Waals surface area contributed by atoms with Gasteiger partial charge in [-0.2, -0.15) is 0 Å². The van der Waals surface area contributed by atoms with E-state index in [4.69, 9.17) is 0 Å². The molecule has 176 valence electrons. The predicted molar refractivity (Wildman–Crippen MR) is 137 cm³/mol. The van der Waals surface area contributed by atoms with E-state index >= 15 is 0 Å². The third-order valence-corrected chi connectivity index (χ3v) is 6.95. The molecule has 0 aliphatic heterocycles. The van der Waals surface area contributed by atoms with Crippen LogP contribution in [0.15, 0.2) is 47.2 Å². The summed E-state index contributed by atoms with van der Waals surface area (Å²) < 4.78 is 0. The van der Waals surface area contributed by atoms with Crippen LogP contribution in [0.1, 0.15) is 74.9 Å². The number of carboxylic acid groups (broad SMARTS) is 2. The predicted octanol–water partition coefficient (Wildman–Crippen LogP) is 7.25. The third kappa shape index (κ3) is 5.77. The van der Waals surface area contributed by atoms with Crippen molar-refractivity contribution in [1.29, 1.82) is 0 Å². The Bertz CT molecular complexity index is 1070. The van der Waals surface area contributed by atoms with Gasteiger partial charge in [0.15, 0.2) is 0 Å². The van der Waals surface area contributed by atoms with E-state index in [1.165, 1.54) is 0 Å². The Morgan fingerprint density at radius 1 is 0.697 bits per heavy atom. The molecule has 0 atom stereocenters. The molecule has 2 aromatic rings. The van der Waals surface area contributed by atoms with Crippen molar-refractivity contribution in [2.24, 2.45) is 0 Å². The zero-order valence-corrected chi connectivity index (χ0v) is 21.7. The van der Waals surface area contributed by atoms with Gasteiger partial charge < -0.3 is 10.2 Å². The molecule has 0 amide bonds. The molecule has 2 aromatic carbocycles. The standard InChI is InChI=1S/C28H34O4S/c1-15-11-19(17(3)25(29)30)21(27(5,6)7)13-23(15)33-24-14-22(28(8,9)10)20(12-16(24)2)18(4)26(31)32/h11-14H,3-4H2,1-2,5-10H3,(H,29,30)(H,31,32). The Labute approximate surface area is 201 Å². The average molecular weight is 467 g/mol. The fourth-order valence-corrected chi connectivity index (χ4v) is 4.72. The van der Waals surface area contributed by atoms with Gasteiger partial charge in [0.2, 0.25) is 0 Å². The SMILES string of the molecule is C=C(C(=O)O)c1cc(C)c(Sc2cc(C(C)(C)C)c(C(=C)C(=O)O)cc2C)cc1C(C)(C)C. The number of carbonyl (C=O) groups is 2. The lowest BCUT2D eigenvalue weighted by molar-refractivity contribution is -0.131. The number of hydrogen-bond donors (Lipinski definition) is 2. The maximum atomic E-state index is 11.6. The highest BCUT2D eigenvalue weighted by Gasteiger charge is 2.26. The summed E-state index contributed by atoms with van der Waals surface area (Å²) in [6.07, 6.45) is 0. The van der Waals surface area contributed by atoms with Gasteiger partial charge >= 0.3 is 11.9 Å². The van der Waals surface area contributed by atoms with Gasteiger partial charge in [-0.05, 0) is 82.3 Å². The minimum absolute atomic E-state index is 0.0855. The molecule has 0 radical (unpaired) electrons. The molecule has 0 aliphatic carbocycles. The third-order valence-electron chi connectivity index (χ3n) is 5.63. The highest BCUT2D eigenvalue weighted by atomic mass is 32.2. The summed E-state index contributed by atoms with van der Waals surface area (Å²) in [5, 5.41) is 19.0. The number of aliphatic carboxylic acids is 2. The molecule has 2 rings (SSSR count). The van der Waals surface area contributed by atoms with E-state index in [-0.39, 0.29) is 22.0 Å². The van der Waals surface area contributed by atoms with E-state index in [9.17, 15) is 19.8 Å².